The van der Waals surface area contributed by atoms with E-state index in [1.165, 1.54) is 0 Å². The summed E-state index contributed by atoms with van der Waals surface area (Å²) in [5.41, 5.74) is 6.83. The third kappa shape index (κ3) is 2.63. The average molecular weight is 309 g/mol. The van der Waals surface area contributed by atoms with E-state index in [9.17, 15) is 4.79 Å². The summed E-state index contributed by atoms with van der Waals surface area (Å²) in [7, 11) is 0. The van der Waals surface area contributed by atoms with Gasteiger partial charge in [-0.1, -0.05) is 43.3 Å². The van der Waals surface area contributed by atoms with Crippen LogP contribution in [-0.2, 0) is 10.2 Å². The molecular formula is C19H23N3O. The molecule has 4 heteroatoms. The summed E-state index contributed by atoms with van der Waals surface area (Å²) < 4.78 is 0. The molecule has 4 nitrogen and oxygen atoms in total. The van der Waals surface area contributed by atoms with Crippen LogP contribution in [0.4, 0.5) is 0 Å². The van der Waals surface area contributed by atoms with Crippen molar-refractivity contribution in [3.8, 4) is 0 Å². The van der Waals surface area contributed by atoms with Gasteiger partial charge in [-0.25, -0.2) is 0 Å². The molecule has 1 saturated heterocycles. The van der Waals surface area contributed by atoms with Crippen LogP contribution in [0.15, 0.2) is 54.7 Å². The quantitative estimate of drug-likeness (QED) is 0.921. The van der Waals surface area contributed by atoms with E-state index in [4.69, 9.17) is 5.73 Å². The fraction of sp³-hybridized carbons (Fsp3) is 0.368. The van der Waals surface area contributed by atoms with E-state index >= 15 is 0 Å². The van der Waals surface area contributed by atoms with Gasteiger partial charge in [-0.15, -0.1) is 0 Å². The predicted octanol–water partition coefficient (Wildman–Crippen LogP) is 2.19. The molecule has 1 aromatic heterocycles. The number of benzene rings is 1. The molecule has 120 valence electrons. The topological polar surface area (TPSA) is 59.2 Å². The minimum Gasteiger partial charge on any atom is -0.369 e. The van der Waals surface area contributed by atoms with E-state index in [-0.39, 0.29) is 11.8 Å². The first-order valence-corrected chi connectivity index (χ1v) is 8.18. The molecule has 0 aliphatic carbocycles. The number of rotatable bonds is 5. The maximum atomic E-state index is 12.8. The van der Waals surface area contributed by atoms with Crippen molar-refractivity contribution in [1.82, 2.24) is 9.88 Å². The van der Waals surface area contributed by atoms with Gasteiger partial charge in [0.15, 0.2) is 0 Å². The fourth-order valence-corrected chi connectivity index (χ4v) is 3.83. The number of hydrogen-bond acceptors (Lipinski definition) is 3. The van der Waals surface area contributed by atoms with Crippen molar-refractivity contribution >= 4 is 5.91 Å². The summed E-state index contributed by atoms with van der Waals surface area (Å²) >= 11 is 0. The van der Waals surface area contributed by atoms with E-state index in [2.05, 4.69) is 16.8 Å². The van der Waals surface area contributed by atoms with Gasteiger partial charge < -0.3 is 10.6 Å². The van der Waals surface area contributed by atoms with Crippen LogP contribution in [0.3, 0.4) is 0 Å². The van der Waals surface area contributed by atoms with Gasteiger partial charge in [0.05, 0.1) is 5.69 Å². The minimum atomic E-state index is -0.869. The highest BCUT2D eigenvalue weighted by Gasteiger charge is 2.50. The van der Waals surface area contributed by atoms with Crippen molar-refractivity contribution in [3.05, 3.63) is 66.0 Å². The number of carbonyl (C=O) groups excluding carboxylic acids is 1. The van der Waals surface area contributed by atoms with Crippen molar-refractivity contribution in [2.45, 2.75) is 18.8 Å². The Kier molecular flexibility index (Phi) is 4.44. The van der Waals surface area contributed by atoms with Crippen molar-refractivity contribution in [2.75, 3.05) is 19.6 Å². The van der Waals surface area contributed by atoms with Crippen LogP contribution in [0.5, 0.6) is 0 Å². The van der Waals surface area contributed by atoms with Crippen LogP contribution < -0.4 is 5.73 Å². The van der Waals surface area contributed by atoms with E-state index in [0.717, 1.165) is 37.3 Å². The second-order valence-corrected chi connectivity index (χ2v) is 6.13. The molecule has 1 amide bonds. The average Bonchev–Trinajstić information content (AvgIpc) is 3.06. The molecule has 1 aliphatic rings. The van der Waals surface area contributed by atoms with Crippen molar-refractivity contribution in [2.24, 2.45) is 11.7 Å². The van der Waals surface area contributed by atoms with Gasteiger partial charge in [0, 0.05) is 12.7 Å². The van der Waals surface area contributed by atoms with Gasteiger partial charge in [0.25, 0.3) is 0 Å². The van der Waals surface area contributed by atoms with Gasteiger partial charge in [-0.2, -0.15) is 0 Å². The summed E-state index contributed by atoms with van der Waals surface area (Å²) in [6, 6.07) is 15.6. The van der Waals surface area contributed by atoms with Crippen LogP contribution in [0, 0.1) is 5.92 Å². The molecule has 0 radical (unpaired) electrons. The molecule has 2 heterocycles. The molecule has 0 saturated carbocycles. The Balaban J connectivity index is 2.18. The number of carbonyl (C=O) groups is 1. The lowest BCUT2D eigenvalue weighted by Gasteiger charge is -2.36. The number of amides is 1. The van der Waals surface area contributed by atoms with Gasteiger partial charge in [-0.3, -0.25) is 9.78 Å². The monoisotopic (exact) mass is 309 g/mol. The molecule has 2 N–H and O–H groups in total. The van der Waals surface area contributed by atoms with Gasteiger partial charge in [-0.05, 0) is 43.1 Å². The van der Waals surface area contributed by atoms with Crippen LogP contribution in [0.25, 0.3) is 0 Å². The number of nitrogens with zero attached hydrogens (tertiary/aromatic N) is 2. The Labute approximate surface area is 137 Å². The largest absolute Gasteiger partial charge is 0.369 e. The Morgan fingerprint density at radius 1 is 1.26 bits per heavy atom. The first-order valence-electron chi connectivity index (χ1n) is 8.18. The van der Waals surface area contributed by atoms with Crippen LogP contribution in [0.1, 0.15) is 24.6 Å². The summed E-state index contributed by atoms with van der Waals surface area (Å²) in [6.07, 6.45) is 2.69. The zero-order chi connectivity index (χ0) is 16.3. The lowest BCUT2D eigenvalue weighted by Crippen LogP contribution is -2.49. The second-order valence-electron chi connectivity index (χ2n) is 6.13. The number of nitrogens with two attached hydrogens (primary N) is 1. The fourth-order valence-electron chi connectivity index (χ4n) is 3.83. The van der Waals surface area contributed by atoms with Crippen LogP contribution >= 0.6 is 0 Å². The SMILES string of the molecule is CCN1CCC(C(C(N)=O)(c2ccccc2)c2ccccn2)C1. The molecule has 2 atom stereocenters. The summed E-state index contributed by atoms with van der Waals surface area (Å²) in [4.78, 5) is 19.7. The molecule has 1 aliphatic heterocycles. The zero-order valence-electron chi connectivity index (χ0n) is 13.5. The summed E-state index contributed by atoms with van der Waals surface area (Å²) in [6.45, 7) is 5.00. The van der Waals surface area contributed by atoms with Crippen LogP contribution in [0.2, 0.25) is 0 Å². The third-order valence-corrected chi connectivity index (χ3v) is 5.02. The lowest BCUT2D eigenvalue weighted by molar-refractivity contribution is -0.123. The maximum Gasteiger partial charge on any atom is 0.234 e. The first-order chi connectivity index (χ1) is 11.2. The molecule has 0 bridgehead atoms. The molecule has 3 rings (SSSR count). The molecular weight excluding hydrogens is 286 g/mol. The highest BCUT2D eigenvalue weighted by atomic mass is 16.1. The molecule has 2 aromatic rings. The number of aromatic nitrogens is 1. The Morgan fingerprint density at radius 3 is 2.57 bits per heavy atom. The zero-order valence-corrected chi connectivity index (χ0v) is 13.5. The van der Waals surface area contributed by atoms with Gasteiger partial charge in [0.2, 0.25) is 5.91 Å². The van der Waals surface area contributed by atoms with E-state index in [1.807, 2.05) is 48.5 Å². The number of primary amides is 1. The highest BCUT2D eigenvalue weighted by molar-refractivity contribution is 5.90. The Bertz CT molecular complexity index is 617. The van der Waals surface area contributed by atoms with E-state index in [1.54, 1.807) is 6.20 Å². The lowest BCUT2D eigenvalue weighted by atomic mass is 9.66. The summed E-state index contributed by atoms with van der Waals surface area (Å²) in [5, 5.41) is 0. The summed E-state index contributed by atoms with van der Waals surface area (Å²) in [5.74, 6) is -0.178. The van der Waals surface area contributed by atoms with Crippen LogP contribution in [-0.4, -0.2) is 35.4 Å². The molecule has 2 unspecified atom stereocenters. The van der Waals surface area contributed by atoms with Crippen molar-refractivity contribution in [1.29, 1.82) is 0 Å². The Hall–Kier alpha value is -2.20. The van der Waals surface area contributed by atoms with Gasteiger partial charge in [0.1, 0.15) is 5.41 Å². The van der Waals surface area contributed by atoms with E-state index < -0.39 is 5.41 Å². The number of likely N-dealkylation sites (tertiary alicyclic amines) is 1. The van der Waals surface area contributed by atoms with Gasteiger partial charge >= 0.3 is 0 Å². The van der Waals surface area contributed by atoms with Crippen molar-refractivity contribution < 1.29 is 4.79 Å². The first kappa shape index (κ1) is 15.7. The standard InChI is InChI=1S/C19H23N3O/c1-2-22-13-11-16(14-22)19(18(20)23,15-8-4-3-5-9-15)17-10-6-7-12-21-17/h3-10,12,16H,2,11,13-14H2,1H3,(H2,20,23). The molecule has 0 spiro atoms. The highest BCUT2D eigenvalue weighted by Crippen LogP contribution is 2.42. The maximum absolute atomic E-state index is 12.8. The predicted molar refractivity (Wildman–Crippen MR) is 90.9 cm³/mol. The minimum absolute atomic E-state index is 0.136. The molecule has 1 fully saturated rings. The third-order valence-electron chi connectivity index (χ3n) is 5.02. The molecule has 1 aromatic carbocycles. The van der Waals surface area contributed by atoms with Crippen molar-refractivity contribution in [3.63, 3.8) is 0 Å². The Morgan fingerprint density at radius 2 is 2.00 bits per heavy atom. The molecule has 23 heavy (non-hydrogen) atoms. The smallest absolute Gasteiger partial charge is 0.234 e. The number of hydrogen-bond donors (Lipinski definition) is 1. The van der Waals surface area contributed by atoms with E-state index in [0.29, 0.717) is 0 Å². The number of pyridine rings is 1. The second kappa shape index (κ2) is 6.50. The normalized spacial score (nSPS) is 21.0.